The lowest BCUT2D eigenvalue weighted by molar-refractivity contribution is 0.291. The molecule has 0 amide bonds. The van der Waals surface area contributed by atoms with Gasteiger partial charge in [0.05, 0.1) is 0 Å². The SMILES string of the molecule is CN(C)CCCNCCOc1cccc(F)c1F. The van der Waals surface area contributed by atoms with Gasteiger partial charge in [0.25, 0.3) is 0 Å². The second-order valence-electron chi connectivity index (χ2n) is 4.31. The van der Waals surface area contributed by atoms with Gasteiger partial charge in [-0.25, -0.2) is 4.39 Å². The molecule has 5 heteroatoms. The minimum Gasteiger partial charge on any atom is -0.489 e. The summed E-state index contributed by atoms with van der Waals surface area (Å²) in [6.45, 7) is 2.84. The van der Waals surface area contributed by atoms with E-state index in [1.54, 1.807) is 0 Å². The van der Waals surface area contributed by atoms with Gasteiger partial charge in [-0.15, -0.1) is 0 Å². The third-order valence-electron chi connectivity index (χ3n) is 2.41. The zero-order valence-corrected chi connectivity index (χ0v) is 10.9. The van der Waals surface area contributed by atoms with Crippen LogP contribution in [0.2, 0.25) is 0 Å². The number of hydrogen-bond acceptors (Lipinski definition) is 3. The van der Waals surface area contributed by atoms with Crippen LogP contribution in [0.4, 0.5) is 8.78 Å². The molecule has 0 heterocycles. The highest BCUT2D eigenvalue weighted by atomic mass is 19.2. The van der Waals surface area contributed by atoms with Crippen molar-refractivity contribution in [1.29, 1.82) is 0 Å². The minimum atomic E-state index is -0.926. The van der Waals surface area contributed by atoms with Crippen LogP contribution in [0, 0.1) is 11.6 Å². The Bertz CT molecular complexity index is 359. The molecular formula is C13H20F2N2O. The summed E-state index contributed by atoms with van der Waals surface area (Å²) in [5.41, 5.74) is 0. The molecule has 0 aliphatic heterocycles. The van der Waals surface area contributed by atoms with Gasteiger partial charge in [-0.3, -0.25) is 0 Å². The summed E-state index contributed by atoms with van der Waals surface area (Å²) in [4.78, 5) is 2.11. The Hall–Kier alpha value is -1.20. The van der Waals surface area contributed by atoms with Crippen molar-refractivity contribution in [1.82, 2.24) is 10.2 Å². The van der Waals surface area contributed by atoms with Crippen molar-refractivity contribution in [2.75, 3.05) is 40.3 Å². The molecule has 0 saturated carbocycles. The Balaban J connectivity index is 2.13. The van der Waals surface area contributed by atoms with Crippen LogP contribution in [0.15, 0.2) is 18.2 Å². The summed E-state index contributed by atoms with van der Waals surface area (Å²) in [6, 6.07) is 3.92. The van der Waals surface area contributed by atoms with Gasteiger partial charge in [0, 0.05) is 6.54 Å². The van der Waals surface area contributed by atoms with Crippen molar-refractivity contribution < 1.29 is 13.5 Å². The van der Waals surface area contributed by atoms with Crippen molar-refractivity contribution in [3.8, 4) is 5.75 Å². The zero-order valence-electron chi connectivity index (χ0n) is 10.9. The van der Waals surface area contributed by atoms with Gasteiger partial charge in [0.15, 0.2) is 11.6 Å². The summed E-state index contributed by atoms with van der Waals surface area (Å²) in [6.07, 6.45) is 1.04. The summed E-state index contributed by atoms with van der Waals surface area (Å²) in [5, 5.41) is 3.18. The van der Waals surface area contributed by atoms with Crippen LogP contribution < -0.4 is 10.1 Å². The van der Waals surface area contributed by atoms with Gasteiger partial charge in [0.1, 0.15) is 6.61 Å². The maximum absolute atomic E-state index is 13.2. The Morgan fingerprint density at radius 2 is 2.00 bits per heavy atom. The fraction of sp³-hybridized carbons (Fsp3) is 0.538. The highest BCUT2D eigenvalue weighted by Crippen LogP contribution is 2.18. The molecule has 1 aromatic carbocycles. The molecule has 0 bridgehead atoms. The van der Waals surface area contributed by atoms with Gasteiger partial charge in [-0.05, 0) is 45.7 Å². The molecule has 0 spiro atoms. The first-order valence-corrected chi connectivity index (χ1v) is 6.03. The molecule has 3 nitrogen and oxygen atoms in total. The fourth-order valence-electron chi connectivity index (χ4n) is 1.47. The Morgan fingerprint density at radius 1 is 1.22 bits per heavy atom. The third kappa shape index (κ3) is 5.42. The number of nitrogens with one attached hydrogen (secondary N) is 1. The lowest BCUT2D eigenvalue weighted by Crippen LogP contribution is -2.25. The number of benzene rings is 1. The molecular weight excluding hydrogens is 238 g/mol. The first-order valence-electron chi connectivity index (χ1n) is 6.03. The van der Waals surface area contributed by atoms with E-state index in [1.807, 2.05) is 14.1 Å². The number of hydrogen-bond donors (Lipinski definition) is 1. The molecule has 0 radical (unpaired) electrons. The van der Waals surface area contributed by atoms with Crippen LogP contribution in [0.1, 0.15) is 6.42 Å². The molecule has 0 aliphatic rings. The molecule has 1 aromatic rings. The average molecular weight is 258 g/mol. The van der Waals surface area contributed by atoms with E-state index in [2.05, 4.69) is 10.2 Å². The summed E-state index contributed by atoms with van der Waals surface area (Å²) in [7, 11) is 4.05. The van der Waals surface area contributed by atoms with Crippen LogP contribution in [0.3, 0.4) is 0 Å². The lowest BCUT2D eigenvalue weighted by Gasteiger charge is -2.10. The van der Waals surface area contributed by atoms with E-state index in [-0.39, 0.29) is 5.75 Å². The summed E-state index contributed by atoms with van der Waals surface area (Å²) in [5.74, 6) is -1.85. The largest absolute Gasteiger partial charge is 0.489 e. The Morgan fingerprint density at radius 3 is 2.72 bits per heavy atom. The number of halogens is 2. The van der Waals surface area contributed by atoms with Crippen molar-refractivity contribution in [3.63, 3.8) is 0 Å². The fourth-order valence-corrected chi connectivity index (χ4v) is 1.47. The lowest BCUT2D eigenvalue weighted by atomic mass is 10.3. The van der Waals surface area contributed by atoms with E-state index >= 15 is 0 Å². The normalized spacial score (nSPS) is 10.9. The van der Waals surface area contributed by atoms with Gasteiger partial charge in [-0.2, -0.15) is 4.39 Å². The molecule has 1 rings (SSSR count). The van der Waals surface area contributed by atoms with E-state index in [0.29, 0.717) is 13.2 Å². The topological polar surface area (TPSA) is 24.5 Å². The molecule has 1 N–H and O–H groups in total. The van der Waals surface area contributed by atoms with E-state index in [4.69, 9.17) is 4.74 Å². The average Bonchev–Trinajstić information content (AvgIpc) is 2.32. The summed E-state index contributed by atoms with van der Waals surface area (Å²) >= 11 is 0. The maximum Gasteiger partial charge on any atom is 0.200 e. The molecule has 102 valence electrons. The molecule has 0 atom stereocenters. The molecule has 0 saturated heterocycles. The molecule has 0 aromatic heterocycles. The third-order valence-corrected chi connectivity index (χ3v) is 2.41. The molecule has 0 fully saturated rings. The molecule has 0 aliphatic carbocycles. The van der Waals surface area contributed by atoms with E-state index in [0.717, 1.165) is 25.6 Å². The van der Waals surface area contributed by atoms with Crippen LogP contribution in [-0.2, 0) is 0 Å². The van der Waals surface area contributed by atoms with Gasteiger partial charge >= 0.3 is 0 Å². The molecule has 18 heavy (non-hydrogen) atoms. The quantitative estimate of drug-likeness (QED) is 0.721. The van der Waals surface area contributed by atoms with Crippen molar-refractivity contribution in [3.05, 3.63) is 29.8 Å². The van der Waals surface area contributed by atoms with Crippen molar-refractivity contribution in [2.45, 2.75) is 6.42 Å². The highest BCUT2D eigenvalue weighted by molar-refractivity contribution is 5.24. The second kappa shape index (κ2) is 8.00. The summed E-state index contributed by atoms with van der Waals surface area (Å²) < 4.78 is 31.2. The molecule has 0 unspecified atom stereocenters. The number of ether oxygens (including phenoxy) is 1. The van der Waals surface area contributed by atoms with Gasteiger partial charge in [0.2, 0.25) is 5.82 Å². The smallest absolute Gasteiger partial charge is 0.200 e. The predicted octanol–water partition coefficient (Wildman–Crippen LogP) is 1.88. The maximum atomic E-state index is 13.2. The van der Waals surface area contributed by atoms with Crippen LogP contribution in [0.25, 0.3) is 0 Å². The van der Waals surface area contributed by atoms with E-state index < -0.39 is 11.6 Å². The standard InChI is InChI=1S/C13H20F2N2O/c1-17(2)9-4-7-16-8-10-18-12-6-3-5-11(14)13(12)15/h3,5-6,16H,4,7-10H2,1-2H3. The van der Waals surface area contributed by atoms with Gasteiger partial charge in [-0.1, -0.05) is 6.07 Å². The van der Waals surface area contributed by atoms with Gasteiger partial charge < -0.3 is 15.0 Å². The highest BCUT2D eigenvalue weighted by Gasteiger charge is 2.07. The number of nitrogens with zero attached hydrogens (tertiary/aromatic N) is 1. The second-order valence-corrected chi connectivity index (χ2v) is 4.31. The van der Waals surface area contributed by atoms with E-state index in [9.17, 15) is 8.78 Å². The first kappa shape index (κ1) is 14.9. The monoisotopic (exact) mass is 258 g/mol. The zero-order chi connectivity index (χ0) is 13.4. The van der Waals surface area contributed by atoms with Crippen LogP contribution >= 0.6 is 0 Å². The first-order chi connectivity index (χ1) is 8.61. The van der Waals surface area contributed by atoms with Crippen molar-refractivity contribution >= 4 is 0 Å². The van der Waals surface area contributed by atoms with Crippen LogP contribution in [0.5, 0.6) is 5.75 Å². The minimum absolute atomic E-state index is 0.0370. The predicted molar refractivity (Wildman–Crippen MR) is 67.9 cm³/mol. The Labute approximate surface area is 107 Å². The van der Waals surface area contributed by atoms with Crippen molar-refractivity contribution in [2.24, 2.45) is 0 Å². The van der Waals surface area contributed by atoms with E-state index in [1.165, 1.54) is 12.1 Å². The Kier molecular flexibility index (Phi) is 6.60. The van der Waals surface area contributed by atoms with Crippen LogP contribution in [-0.4, -0.2) is 45.2 Å². The number of rotatable bonds is 8.